The molecule has 1 aromatic heterocycles. The molecule has 1 amide bonds. The first kappa shape index (κ1) is 16.1. The van der Waals surface area contributed by atoms with E-state index in [2.05, 4.69) is 0 Å². The highest BCUT2D eigenvalue weighted by atomic mass is 32.2. The van der Waals surface area contributed by atoms with Crippen LogP contribution in [0.3, 0.4) is 0 Å². The van der Waals surface area contributed by atoms with Crippen LogP contribution in [0, 0.1) is 0 Å². The number of hydrogen-bond acceptors (Lipinski definition) is 4. The van der Waals surface area contributed by atoms with Crippen molar-refractivity contribution in [3.05, 3.63) is 65.9 Å². The van der Waals surface area contributed by atoms with Crippen LogP contribution in [-0.2, 0) is 6.61 Å². The third-order valence-electron chi connectivity index (χ3n) is 4.32. The lowest BCUT2D eigenvalue weighted by molar-refractivity contribution is 0.0739. The van der Waals surface area contributed by atoms with Gasteiger partial charge in [0.05, 0.1) is 0 Å². The van der Waals surface area contributed by atoms with Crippen LogP contribution in [0.5, 0.6) is 5.75 Å². The molecule has 0 atom stereocenters. The topological polar surface area (TPSA) is 42.7 Å². The maximum atomic E-state index is 13.0. The van der Waals surface area contributed by atoms with Gasteiger partial charge in [-0.1, -0.05) is 36.4 Å². The lowest BCUT2D eigenvalue weighted by Gasteiger charge is -2.25. The molecule has 3 aromatic rings. The number of rotatable bonds is 4. The van der Waals surface area contributed by atoms with Crippen LogP contribution in [0.25, 0.3) is 11.0 Å². The van der Waals surface area contributed by atoms with Crippen molar-refractivity contribution in [2.24, 2.45) is 0 Å². The SMILES string of the molecule is O=C(c1oc2ccccc2c1COc1ccccc1)N1CCSCC1. The predicted molar refractivity (Wildman–Crippen MR) is 100 cm³/mol. The van der Waals surface area contributed by atoms with E-state index in [0.29, 0.717) is 12.4 Å². The van der Waals surface area contributed by atoms with Gasteiger partial charge in [0.15, 0.2) is 5.76 Å². The van der Waals surface area contributed by atoms with Crippen molar-refractivity contribution in [2.45, 2.75) is 6.61 Å². The van der Waals surface area contributed by atoms with Crippen LogP contribution in [0.1, 0.15) is 16.1 Å². The van der Waals surface area contributed by atoms with Crippen LogP contribution in [0.15, 0.2) is 59.0 Å². The van der Waals surface area contributed by atoms with Gasteiger partial charge in [-0.15, -0.1) is 0 Å². The lowest BCUT2D eigenvalue weighted by Crippen LogP contribution is -2.38. The number of hydrogen-bond donors (Lipinski definition) is 0. The van der Waals surface area contributed by atoms with E-state index in [0.717, 1.165) is 46.9 Å². The van der Waals surface area contributed by atoms with Crippen molar-refractivity contribution in [1.82, 2.24) is 4.90 Å². The maximum Gasteiger partial charge on any atom is 0.290 e. The first-order chi connectivity index (χ1) is 12.3. The molecule has 4 rings (SSSR count). The molecule has 0 saturated carbocycles. The van der Waals surface area contributed by atoms with Gasteiger partial charge in [0.25, 0.3) is 5.91 Å². The van der Waals surface area contributed by atoms with Crippen molar-refractivity contribution in [2.75, 3.05) is 24.6 Å². The van der Waals surface area contributed by atoms with E-state index >= 15 is 0 Å². The van der Waals surface area contributed by atoms with E-state index in [-0.39, 0.29) is 5.91 Å². The number of benzene rings is 2. The second-order valence-corrected chi connectivity index (χ2v) is 7.14. The Morgan fingerprint density at radius 2 is 1.76 bits per heavy atom. The summed E-state index contributed by atoms with van der Waals surface area (Å²) in [5.41, 5.74) is 1.55. The normalized spacial score (nSPS) is 14.6. The molecule has 0 aliphatic carbocycles. The highest BCUT2D eigenvalue weighted by Gasteiger charge is 2.26. The van der Waals surface area contributed by atoms with Gasteiger partial charge in [0, 0.05) is 35.5 Å². The summed E-state index contributed by atoms with van der Waals surface area (Å²) in [6.45, 7) is 1.84. The summed E-state index contributed by atoms with van der Waals surface area (Å²) in [7, 11) is 0. The largest absolute Gasteiger partial charge is 0.489 e. The number of para-hydroxylation sites is 2. The Labute approximate surface area is 150 Å². The molecule has 0 spiro atoms. The summed E-state index contributed by atoms with van der Waals surface area (Å²) in [5, 5.41) is 0.938. The smallest absolute Gasteiger partial charge is 0.290 e. The number of nitrogens with zero attached hydrogens (tertiary/aromatic N) is 1. The Balaban J connectivity index is 1.66. The average Bonchev–Trinajstić information content (AvgIpc) is 3.06. The molecule has 1 aliphatic heterocycles. The van der Waals surface area contributed by atoms with E-state index in [1.807, 2.05) is 71.3 Å². The van der Waals surface area contributed by atoms with Gasteiger partial charge in [0.2, 0.25) is 0 Å². The molecular formula is C20H19NO3S. The fourth-order valence-corrected chi connectivity index (χ4v) is 3.90. The van der Waals surface area contributed by atoms with Crippen LogP contribution >= 0.6 is 11.8 Å². The van der Waals surface area contributed by atoms with Gasteiger partial charge in [-0.25, -0.2) is 0 Å². The number of thioether (sulfide) groups is 1. The molecule has 4 nitrogen and oxygen atoms in total. The van der Waals surface area contributed by atoms with Gasteiger partial charge in [-0.2, -0.15) is 11.8 Å². The van der Waals surface area contributed by atoms with Crippen molar-refractivity contribution >= 4 is 28.6 Å². The molecule has 0 bridgehead atoms. The zero-order chi connectivity index (χ0) is 17.1. The molecule has 0 N–H and O–H groups in total. The minimum absolute atomic E-state index is 0.0387. The van der Waals surface area contributed by atoms with Crippen LogP contribution < -0.4 is 4.74 Å². The second kappa shape index (κ2) is 7.23. The van der Waals surface area contributed by atoms with Crippen LogP contribution in [-0.4, -0.2) is 35.4 Å². The molecule has 0 unspecified atom stereocenters. The Kier molecular flexibility index (Phi) is 4.65. The summed E-state index contributed by atoms with van der Waals surface area (Å²) in [4.78, 5) is 14.8. The van der Waals surface area contributed by atoms with E-state index in [1.54, 1.807) is 0 Å². The minimum Gasteiger partial charge on any atom is -0.489 e. The minimum atomic E-state index is -0.0387. The van der Waals surface area contributed by atoms with E-state index in [1.165, 1.54) is 0 Å². The van der Waals surface area contributed by atoms with Gasteiger partial charge in [-0.3, -0.25) is 4.79 Å². The summed E-state index contributed by atoms with van der Waals surface area (Å²) in [5.74, 6) is 3.09. The van der Waals surface area contributed by atoms with Crippen molar-refractivity contribution in [3.8, 4) is 5.75 Å². The highest BCUT2D eigenvalue weighted by Crippen LogP contribution is 2.29. The first-order valence-corrected chi connectivity index (χ1v) is 9.53. The zero-order valence-corrected chi connectivity index (χ0v) is 14.6. The molecule has 1 fully saturated rings. The lowest BCUT2D eigenvalue weighted by atomic mass is 10.1. The van der Waals surface area contributed by atoms with Gasteiger partial charge >= 0.3 is 0 Å². The van der Waals surface area contributed by atoms with E-state index in [4.69, 9.17) is 9.15 Å². The number of ether oxygens (including phenoxy) is 1. The molecule has 128 valence electrons. The Bertz CT molecular complexity index is 869. The Morgan fingerprint density at radius 3 is 2.56 bits per heavy atom. The van der Waals surface area contributed by atoms with Crippen molar-refractivity contribution in [3.63, 3.8) is 0 Å². The molecule has 5 heteroatoms. The third-order valence-corrected chi connectivity index (χ3v) is 5.26. The van der Waals surface area contributed by atoms with E-state index < -0.39 is 0 Å². The maximum absolute atomic E-state index is 13.0. The van der Waals surface area contributed by atoms with Crippen molar-refractivity contribution < 1.29 is 13.9 Å². The number of furan rings is 1. The number of fused-ring (bicyclic) bond motifs is 1. The Morgan fingerprint density at radius 1 is 1.04 bits per heavy atom. The summed E-state index contributed by atoms with van der Waals surface area (Å²) < 4.78 is 11.8. The van der Waals surface area contributed by atoms with Crippen molar-refractivity contribution in [1.29, 1.82) is 0 Å². The molecule has 2 aromatic carbocycles. The van der Waals surface area contributed by atoms with Crippen LogP contribution in [0.4, 0.5) is 0 Å². The fraction of sp³-hybridized carbons (Fsp3) is 0.250. The highest BCUT2D eigenvalue weighted by molar-refractivity contribution is 7.99. The third kappa shape index (κ3) is 3.37. The second-order valence-electron chi connectivity index (χ2n) is 5.91. The monoisotopic (exact) mass is 353 g/mol. The molecule has 1 aliphatic rings. The van der Waals surface area contributed by atoms with Gasteiger partial charge < -0.3 is 14.1 Å². The fourth-order valence-electron chi connectivity index (χ4n) is 3.00. The average molecular weight is 353 g/mol. The molecular weight excluding hydrogens is 334 g/mol. The number of carbonyl (C=O) groups excluding carboxylic acids is 1. The predicted octanol–water partition coefficient (Wildman–Crippen LogP) is 4.20. The summed E-state index contributed by atoms with van der Waals surface area (Å²) in [6.07, 6.45) is 0. The molecule has 2 heterocycles. The number of amides is 1. The van der Waals surface area contributed by atoms with Crippen LogP contribution in [0.2, 0.25) is 0 Å². The molecule has 25 heavy (non-hydrogen) atoms. The standard InChI is InChI=1S/C20H19NO3S/c22-20(21-10-12-25-13-11-21)19-17(14-23-15-6-2-1-3-7-15)16-8-4-5-9-18(16)24-19/h1-9H,10-14H2. The number of carbonyl (C=O) groups is 1. The summed E-state index contributed by atoms with van der Waals surface area (Å²) in [6, 6.07) is 17.4. The van der Waals surface area contributed by atoms with Gasteiger partial charge in [-0.05, 0) is 18.2 Å². The van der Waals surface area contributed by atoms with E-state index in [9.17, 15) is 4.79 Å². The molecule has 0 radical (unpaired) electrons. The van der Waals surface area contributed by atoms with Gasteiger partial charge in [0.1, 0.15) is 17.9 Å². The molecule has 1 saturated heterocycles. The quantitative estimate of drug-likeness (QED) is 0.705. The first-order valence-electron chi connectivity index (χ1n) is 8.38. The Hall–Kier alpha value is -2.40. The zero-order valence-electron chi connectivity index (χ0n) is 13.8. The summed E-state index contributed by atoms with van der Waals surface area (Å²) >= 11 is 1.88.